The van der Waals surface area contributed by atoms with E-state index in [1.807, 2.05) is 25.4 Å². The van der Waals surface area contributed by atoms with Gasteiger partial charge in [-0.05, 0) is 12.1 Å². The molecule has 0 saturated carbocycles. The first-order valence-electron chi connectivity index (χ1n) is 9.09. The summed E-state index contributed by atoms with van der Waals surface area (Å²) in [6, 6.07) is 3.68. The molecule has 9 heteroatoms. The number of β-amino-alcohol motifs (C(OH)–C–C–N with tert-alkyl or cyclic N) is 1. The van der Waals surface area contributed by atoms with Crippen molar-refractivity contribution >= 4 is 16.9 Å². The summed E-state index contributed by atoms with van der Waals surface area (Å²) in [6.45, 7) is 4.69. The Morgan fingerprint density at radius 3 is 2.89 bits per heavy atom. The lowest BCUT2D eigenvalue weighted by atomic mass is 10.2. The van der Waals surface area contributed by atoms with Crippen molar-refractivity contribution in [2.24, 2.45) is 7.05 Å². The molecule has 3 aromatic heterocycles. The van der Waals surface area contributed by atoms with Crippen molar-refractivity contribution in [1.29, 1.82) is 0 Å². The van der Waals surface area contributed by atoms with Gasteiger partial charge in [0.15, 0.2) is 5.65 Å². The maximum Gasteiger partial charge on any atom is 0.163 e. The molecular weight excluding hydrogens is 348 g/mol. The van der Waals surface area contributed by atoms with Crippen LogP contribution in [0.2, 0.25) is 0 Å². The molecule has 3 aromatic rings. The van der Waals surface area contributed by atoms with E-state index in [9.17, 15) is 5.11 Å². The monoisotopic (exact) mass is 372 g/mol. The average molecular weight is 372 g/mol. The molecule has 144 valence electrons. The molecule has 0 radical (unpaired) electrons. The highest BCUT2D eigenvalue weighted by Gasteiger charge is 2.22. The first-order chi connectivity index (χ1) is 13.2. The summed E-state index contributed by atoms with van der Waals surface area (Å²) in [5.41, 5.74) is 0.839. The van der Waals surface area contributed by atoms with E-state index in [0.717, 1.165) is 48.8 Å². The van der Waals surface area contributed by atoms with Gasteiger partial charge in [-0.2, -0.15) is 5.10 Å². The van der Waals surface area contributed by atoms with E-state index in [1.54, 1.807) is 17.3 Å². The molecule has 1 aliphatic heterocycles. The summed E-state index contributed by atoms with van der Waals surface area (Å²) in [4.78, 5) is 13.3. The SMILES string of the molecule is Cn1ncc2c(N3CCN(CC(O)COCc4ccco4)CC3)ncnc21. The van der Waals surface area contributed by atoms with Gasteiger partial charge >= 0.3 is 0 Å². The van der Waals surface area contributed by atoms with Crippen LogP contribution >= 0.6 is 0 Å². The molecule has 0 aromatic carbocycles. The highest BCUT2D eigenvalue weighted by molar-refractivity contribution is 5.86. The fraction of sp³-hybridized carbons (Fsp3) is 0.500. The van der Waals surface area contributed by atoms with Gasteiger partial charge in [-0.1, -0.05) is 0 Å². The Bertz CT molecular complexity index is 857. The van der Waals surface area contributed by atoms with Crippen LogP contribution in [0.25, 0.3) is 11.0 Å². The zero-order valence-electron chi connectivity index (χ0n) is 15.4. The molecule has 0 bridgehead atoms. The topological polar surface area (TPSA) is 92.7 Å². The number of aliphatic hydroxyl groups is 1. The van der Waals surface area contributed by atoms with Crippen molar-refractivity contribution in [3.63, 3.8) is 0 Å². The highest BCUT2D eigenvalue weighted by atomic mass is 16.5. The predicted molar refractivity (Wildman–Crippen MR) is 99.3 cm³/mol. The number of aliphatic hydroxyl groups excluding tert-OH is 1. The molecule has 9 nitrogen and oxygen atoms in total. The third-order valence-corrected chi connectivity index (χ3v) is 4.78. The number of furan rings is 1. The van der Waals surface area contributed by atoms with Gasteiger partial charge in [0.05, 0.1) is 30.6 Å². The first kappa shape index (κ1) is 17.9. The van der Waals surface area contributed by atoms with Crippen LogP contribution in [-0.4, -0.2) is 75.2 Å². The molecule has 1 fully saturated rings. The van der Waals surface area contributed by atoms with Crippen molar-refractivity contribution in [2.75, 3.05) is 44.2 Å². The van der Waals surface area contributed by atoms with Crippen LogP contribution in [0.1, 0.15) is 5.76 Å². The Labute approximate surface area is 157 Å². The third kappa shape index (κ3) is 4.10. The van der Waals surface area contributed by atoms with Crippen LogP contribution in [-0.2, 0) is 18.4 Å². The molecule has 1 aliphatic rings. The summed E-state index contributed by atoms with van der Waals surface area (Å²) in [6.07, 6.45) is 4.50. The van der Waals surface area contributed by atoms with Crippen molar-refractivity contribution in [1.82, 2.24) is 24.6 Å². The molecule has 4 heterocycles. The molecule has 1 saturated heterocycles. The van der Waals surface area contributed by atoms with Gasteiger partial charge in [-0.3, -0.25) is 9.58 Å². The zero-order chi connectivity index (χ0) is 18.6. The second-order valence-corrected chi connectivity index (χ2v) is 6.74. The van der Waals surface area contributed by atoms with Crippen molar-refractivity contribution in [3.05, 3.63) is 36.7 Å². The molecule has 1 unspecified atom stereocenters. The number of nitrogens with zero attached hydrogens (tertiary/aromatic N) is 6. The number of fused-ring (bicyclic) bond motifs is 1. The Morgan fingerprint density at radius 1 is 1.26 bits per heavy atom. The van der Waals surface area contributed by atoms with E-state index in [2.05, 4.69) is 24.9 Å². The van der Waals surface area contributed by atoms with Gasteiger partial charge in [0.1, 0.15) is 24.5 Å². The Hall–Kier alpha value is -2.49. The normalized spacial score (nSPS) is 16.9. The molecule has 0 aliphatic carbocycles. The lowest BCUT2D eigenvalue weighted by Gasteiger charge is -2.36. The largest absolute Gasteiger partial charge is 0.467 e. The zero-order valence-corrected chi connectivity index (χ0v) is 15.4. The summed E-state index contributed by atoms with van der Waals surface area (Å²) in [7, 11) is 1.88. The number of aromatic nitrogens is 4. The van der Waals surface area contributed by atoms with Gasteiger partial charge in [0.2, 0.25) is 0 Å². The van der Waals surface area contributed by atoms with E-state index in [-0.39, 0.29) is 0 Å². The number of hydrogen-bond donors (Lipinski definition) is 1. The maximum absolute atomic E-state index is 10.2. The van der Waals surface area contributed by atoms with Gasteiger partial charge in [-0.15, -0.1) is 0 Å². The van der Waals surface area contributed by atoms with Gasteiger partial charge in [0, 0.05) is 39.8 Å². The lowest BCUT2D eigenvalue weighted by Crippen LogP contribution is -2.49. The Balaban J connectivity index is 1.26. The van der Waals surface area contributed by atoms with Crippen LogP contribution in [0, 0.1) is 0 Å². The number of rotatable bonds is 7. The minimum absolute atomic E-state index is 0.295. The molecule has 0 amide bonds. The van der Waals surface area contributed by atoms with Crippen LogP contribution in [0.5, 0.6) is 0 Å². The third-order valence-electron chi connectivity index (χ3n) is 4.78. The molecular formula is C18H24N6O3. The van der Waals surface area contributed by atoms with Gasteiger partial charge < -0.3 is 19.2 Å². The Morgan fingerprint density at radius 2 is 2.11 bits per heavy atom. The smallest absolute Gasteiger partial charge is 0.163 e. The average Bonchev–Trinajstić information content (AvgIpc) is 3.33. The second kappa shape index (κ2) is 8.03. The summed E-state index contributed by atoms with van der Waals surface area (Å²) >= 11 is 0. The van der Waals surface area contributed by atoms with E-state index < -0.39 is 6.10 Å². The van der Waals surface area contributed by atoms with Crippen LogP contribution in [0.3, 0.4) is 0 Å². The van der Waals surface area contributed by atoms with Crippen LogP contribution < -0.4 is 4.90 Å². The summed E-state index contributed by atoms with van der Waals surface area (Å²) < 4.78 is 12.5. The molecule has 27 heavy (non-hydrogen) atoms. The maximum atomic E-state index is 10.2. The number of ether oxygens (including phenoxy) is 1. The Kier molecular flexibility index (Phi) is 5.33. The molecule has 1 atom stereocenters. The minimum Gasteiger partial charge on any atom is -0.467 e. The van der Waals surface area contributed by atoms with Gasteiger partial charge in [-0.25, -0.2) is 9.97 Å². The van der Waals surface area contributed by atoms with E-state index in [1.165, 1.54) is 0 Å². The van der Waals surface area contributed by atoms with Crippen molar-refractivity contribution < 1.29 is 14.3 Å². The fourth-order valence-electron chi connectivity index (χ4n) is 3.38. The quantitative estimate of drug-likeness (QED) is 0.646. The molecule has 4 rings (SSSR count). The number of piperazine rings is 1. The molecule has 1 N–H and O–H groups in total. The van der Waals surface area contributed by atoms with E-state index in [0.29, 0.717) is 19.8 Å². The first-order valence-corrected chi connectivity index (χ1v) is 9.09. The molecule has 0 spiro atoms. The van der Waals surface area contributed by atoms with E-state index in [4.69, 9.17) is 9.15 Å². The van der Waals surface area contributed by atoms with Crippen LogP contribution in [0.4, 0.5) is 5.82 Å². The van der Waals surface area contributed by atoms with Crippen LogP contribution in [0.15, 0.2) is 35.3 Å². The van der Waals surface area contributed by atoms with Crippen molar-refractivity contribution in [3.8, 4) is 0 Å². The summed E-state index contributed by atoms with van der Waals surface area (Å²) in [5.74, 6) is 1.69. The standard InChI is InChI=1S/C18H24N6O3/c1-22-17-16(9-21-22)18(20-13-19-17)24-6-4-23(5-7-24)10-14(25)11-26-12-15-3-2-8-27-15/h2-3,8-9,13-14,25H,4-7,10-12H2,1H3. The number of aryl methyl sites for hydroxylation is 1. The van der Waals surface area contributed by atoms with Gasteiger partial charge in [0.25, 0.3) is 0 Å². The fourth-order valence-corrected chi connectivity index (χ4v) is 3.38. The highest BCUT2D eigenvalue weighted by Crippen LogP contribution is 2.23. The number of hydrogen-bond acceptors (Lipinski definition) is 8. The number of anilines is 1. The lowest BCUT2D eigenvalue weighted by molar-refractivity contribution is 0.00441. The van der Waals surface area contributed by atoms with Crippen molar-refractivity contribution in [2.45, 2.75) is 12.7 Å². The summed E-state index contributed by atoms with van der Waals surface area (Å²) in [5, 5.41) is 15.5. The second-order valence-electron chi connectivity index (χ2n) is 6.74. The predicted octanol–water partition coefficient (Wildman–Crippen LogP) is 0.656. The minimum atomic E-state index is -0.518. The van der Waals surface area contributed by atoms with E-state index >= 15 is 0 Å².